The second-order valence-electron chi connectivity index (χ2n) is 5.16. The molecule has 3 heteroatoms. The maximum atomic E-state index is 11.4. The van der Waals surface area contributed by atoms with Crippen LogP contribution >= 0.6 is 15.9 Å². The molecule has 0 radical (unpaired) electrons. The van der Waals surface area contributed by atoms with Crippen LogP contribution in [0.2, 0.25) is 0 Å². The normalized spacial score (nSPS) is 24.1. The second kappa shape index (κ2) is 4.81. The Morgan fingerprint density at radius 3 is 2.82 bits per heavy atom. The van der Waals surface area contributed by atoms with Crippen molar-refractivity contribution in [3.05, 3.63) is 28.2 Å². The Morgan fingerprint density at radius 1 is 1.47 bits per heavy atom. The number of ketones is 1. The Hall–Kier alpha value is -0.830. The number of methoxy groups -OCH3 is 1. The molecule has 0 saturated heterocycles. The van der Waals surface area contributed by atoms with Crippen LogP contribution in [0.4, 0.5) is 0 Å². The van der Waals surface area contributed by atoms with Gasteiger partial charge in [0.25, 0.3) is 0 Å². The zero-order chi connectivity index (χ0) is 12.5. The van der Waals surface area contributed by atoms with Gasteiger partial charge in [0.15, 0.2) is 0 Å². The topological polar surface area (TPSA) is 26.3 Å². The van der Waals surface area contributed by atoms with Crippen molar-refractivity contribution in [2.75, 3.05) is 7.11 Å². The van der Waals surface area contributed by atoms with Crippen LogP contribution < -0.4 is 4.74 Å². The number of carbonyl (C=O) groups excluding carboxylic acids is 1. The molecule has 0 spiro atoms. The van der Waals surface area contributed by atoms with Gasteiger partial charge in [0.05, 0.1) is 7.11 Å². The highest BCUT2D eigenvalue weighted by Gasteiger charge is 2.34. The second-order valence-corrected chi connectivity index (χ2v) is 6.01. The van der Waals surface area contributed by atoms with Crippen molar-refractivity contribution in [3.63, 3.8) is 0 Å². The number of rotatable bonds is 3. The molecule has 1 unspecified atom stereocenters. The van der Waals surface area contributed by atoms with E-state index in [1.807, 2.05) is 12.1 Å². The number of carbonyl (C=O) groups is 1. The zero-order valence-corrected chi connectivity index (χ0v) is 11.8. The minimum atomic E-state index is 0.117. The summed E-state index contributed by atoms with van der Waals surface area (Å²) in [5.41, 5.74) is 1.34. The maximum absolute atomic E-state index is 11.4. The summed E-state index contributed by atoms with van der Waals surface area (Å²) in [6, 6.07) is 6.00. The Labute approximate surface area is 110 Å². The number of hydrogen-bond donors (Lipinski definition) is 0. The molecule has 0 aromatic heterocycles. The van der Waals surface area contributed by atoms with Crippen molar-refractivity contribution in [1.82, 2.24) is 0 Å². The van der Waals surface area contributed by atoms with Crippen LogP contribution in [0.1, 0.15) is 31.7 Å². The SMILES string of the molecule is COc1ccc(Br)c(CC2(C)CCC(=O)C2)c1. The van der Waals surface area contributed by atoms with Crippen molar-refractivity contribution in [1.29, 1.82) is 0 Å². The van der Waals surface area contributed by atoms with Crippen LogP contribution in [-0.2, 0) is 11.2 Å². The van der Waals surface area contributed by atoms with E-state index in [9.17, 15) is 4.79 Å². The van der Waals surface area contributed by atoms with Crippen LogP contribution in [0.15, 0.2) is 22.7 Å². The Bertz CT molecular complexity index is 442. The molecular weight excluding hydrogens is 280 g/mol. The van der Waals surface area contributed by atoms with Gasteiger partial charge in [-0.3, -0.25) is 4.79 Å². The molecule has 2 rings (SSSR count). The fraction of sp³-hybridized carbons (Fsp3) is 0.500. The minimum absolute atomic E-state index is 0.117. The van der Waals surface area contributed by atoms with Crippen molar-refractivity contribution in [2.24, 2.45) is 5.41 Å². The summed E-state index contributed by atoms with van der Waals surface area (Å²) in [5, 5.41) is 0. The van der Waals surface area contributed by atoms with E-state index >= 15 is 0 Å². The van der Waals surface area contributed by atoms with Crippen LogP contribution in [0.5, 0.6) is 5.75 Å². The lowest BCUT2D eigenvalue weighted by Crippen LogP contribution is -2.16. The van der Waals surface area contributed by atoms with Gasteiger partial charge in [-0.2, -0.15) is 0 Å². The van der Waals surface area contributed by atoms with Crippen molar-refractivity contribution < 1.29 is 9.53 Å². The molecule has 17 heavy (non-hydrogen) atoms. The van der Waals surface area contributed by atoms with Gasteiger partial charge in [0.2, 0.25) is 0 Å². The molecule has 0 amide bonds. The smallest absolute Gasteiger partial charge is 0.133 e. The third kappa shape index (κ3) is 2.89. The highest BCUT2D eigenvalue weighted by molar-refractivity contribution is 9.10. The molecule has 1 aliphatic rings. The van der Waals surface area contributed by atoms with Gasteiger partial charge in [0, 0.05) is 17.3 Å². The van der Waals surface area contributed by atoms with Crippen LogP contribution in [0, 0.1) is 5.41 Å². The summed E-state index contributed by atoms with van der Waals surface area (Å²) in [6.07, 6.45) is 3.36. The molecule has 1 fully saturated rings. The van der Waals surface area contributed by atoms with Gasteiger partial charge < -0.3 is 4.74 Å². The lowest BCUT2D eigenvalue weighted by atomic mass is 9.82. The third-order valence-electron chi connectivity index (χ3n) is 3.50. The molecule has 0 N–H and O–H groups in total. The van der Waals surface area contributed by atoms with Crippen molar-refractivity contribution in [2.45, 2.75) is 32.6 Å². The molecule has 2 nitrogen and oxygen atoms in total. The number of benzene rings is 1. The Balaban J connectivity index is 2.20. The summed E-state index contributed by atoms with van der Waals surface area (Å²) < 4.78 is 6.34. The van der Waals surface area contributed by atoms with E-state index in [2.05, 4.69) is 28.9 Å². The van der Waals surface area contributed by atoms with Crippen LogP contribution in [-0.4, -0.2) is 12.9 Å². The summed E-state index contributed by atoms with van der Waals surface area (Å²) in [5.74, 6) is 1.27. The monoisotopic (exact) mass is 296 g/mol. The van der Waals surface area contributed by atoms with E-state index in [-0.39, 0.29) is 5.41 Å². The lowest BCUT2D eigenvalue weighted by molar-refractivity contribution is -0.117. The first-order chi connectivity index (χ1) is 8.02. The third-order valence-corrected chi connectivity index (χ3v) is 4.28. The highest BCUT2D eigenvalue weighted by Crippen LogP contribution is 2.40. The van der Waals surface area contributed by atoms with E-state index < -0.39 is 0 Å². The molecule has 0 aliphatic heterocycles. The molecular formula is C14H17BrO2. The Kier molecular flexibility index (Phi) is 3.57. The Morgan fingerprint density at radius 2 is 2.24 bits per heavy atom. The van der Waals surface area contributed by atoms with Gasteiger partial charge in [0.1, 0.15) is 11.5 Å². The number of ether oxygens (including phenoxy) is 1. The largest absolute Gasteiger partial charge is 0.497 e. The van der Waals surface area contributed by atoms with E-state index in [1.165, 1.54) is 5.56 Å². The molecule has 1 aromatic carbocycles. The molecule has 1 aromatic rings. The lowest BCUT2D eigenvalue weighted by Gasteiger charge is -2.23. The van der Waals surface area contributed by atoms with Gasteiger partial charge in [-0.1, -0.05) is 22.9 Å². The average molecular weight is 297 g/mol. The zero-order valence-electron chi connectivity index (χ0n) is 10.3. The number of hydrogen-bond acceptors (Lipinski definition) is 2. The first-order valence-electron chi connectivity index (χ1n) is 5.86. The minimum Gasteiger partial charge on any atom is -0.497 e. The van der Waals surface area contributed by atoms with Crippen molar-refractivity contribution in [3.8, 4) is 5.75 Å². The van der Waals surface area contributed by atoms with E-state index in [0.29, 0.717) is 12.2 Å². The molecule has 1 atom stereocenters. The van der Waals surface area contributed by atoms with E-state index in [1.54, 1.807) is 7.11 Å². The molecule has 0 bridgehead atoms. The quantitative estimate of drug-likeness (QED) is 0.849. The van der Waals surface area contributed by atoms with Gasteiger partial charge in [-0.05, 0) is 42.0 Å². The molecule has 1 saturated carbocycles. The first-order valence-corrected chi connectivity index (χ1v) is 6.66. The molecule has 92 valence electrons. The summed E-state index contributed by atoms with van der Waals surface area (Å²) in [6.45, 7) is 2.20. The molecule has 0 heterocycles. The maximum Gasteiger partial charge on any atom is 0.133 e. The van der Waals surface area contributed by atoms with E-state index in [0.717, 1.165) is 29.5 Å². The number of Topliss-reactive ketones (excluding diaryl/α,β-unsaturated/α-hetero) is 1. The van der Waals surface area contributed by atoms with Gasteiger partial charge >= 0.3 is 0 Å². The predicted octanol–water partition coefficient (Wildman–Crippen LogP) is 3.76. The van der Waals surface area contributed by atoms with E-state index in [4.69, 9.17) is 4.74 Å². The summed E-state index contributed by atoms with van der Waals surface area (Å²) in [7, 11) is 1.67. The summed E-state index contributed by atoms with van der Waals surface area (Å²) >= 11 is 3.57. The average Bonchev–Trinajstić information content (AvgIpc) is 2.62. The predicted molar refractivity (Wildman–Crippen MR) is 71.4 cm³/mol. The fourth-order valence-corrected chi connectivity index (χ4v) is 2.91. The fourth-order valence-electron chi connectivity index (χ4n) is 2.52. The van der Waals surface area contributed by atoms with Crippen LogP contribution in [0.25, 0.3) is 0 Å². The summed E-state index contributed by atoms with van der Waals surface area (Å²) in [4.78, 5) is 11.4. The van der Waals surface area contributed by atoms with Gasteiger partial charge in [-0.25, -0.2) is 0 Å². The highest BCUT2D eigenvalue weighted by atomic mass is 79.9. The van der Waals surface area contributed by atoms with Crippen molar-refractivity contribution >= 4 is 21.7 Å². The van der Waals surface area contributed by atoms with Gasteiger partial charge in [-0.15, -0.1) is 0 Å². The first kappa shape index (κ1) is 12.6. The van der Waals surface area contributed by atoms with Crippen LogP contribution in [0.3, 0.4) is 0 Å². The number of halogens is 1. The standard InChI is InChI=1S/C14H17BrO2/c1-14(6-5-11(16)9-14)8-10-7-12(17-2)3-4-13(10)15/h3-4,7H,5-6,8-9H2,1-2H3. The molecule has 1 aliphatic carbocycles.